The normalized spacial score (nSPS) is 12.5. The molecule has 0 spiro atoms. The molecular formula is C12H21N3O. The molecule has 4 heteroatoms. The molecule has 1 rings (SSSR count). The second-order valence-electron chi connectivity index (χ2n) is 4.14. The summed E-state index contributed by atoms with van der Waals surface area (Å²) in [6.07, 6.45) is 0. The van der Waals surface area contributed by atoms with Gasteiger partial charge in [0.15, 0.2) is 0 Å². The first kappa shape index (κ1) is 12.8. The molecule has 1 amide bonds. The van der Waals surface area contributed by atoms with Gasteiger partial charge in [-0.2, -0.15) is 0 Å². The van der Waals surface area contributed by atoms with E-state index in [9.17, 15) is 4.79 Å². The van der Waals surface area contributed by atoms with Crippen LogP contribution in [-0.2, 0) is 4.79 Å². The minimum atomic E-state index is -0.0267. The maximum atomic E-state index is 11.8. The molecule has 0 aliphatic rings. The lowest BCUT2D eigenvalue weighted by Crippen LogP contribution is -2.34. The molecule has 4 nitrogen and oxygen atoms in total. The molecule has 0 aliphatic heterocycles. The highest BCUT2D eigenvalue weighted by Crippen LogP contribution is 2.05. The van der Waals surface area contributed by atoms with Crippen molar-refractivity contribution in [3.05, 3.63) is 23.5 Å². The summed E-state index contributed by atoms with van der Waals surface area (Å²) < 4.78 is 1.82. The van der Waals surface area contributed by atoms with Gasteiger partial charge in [-0.05, 0) is 32.5 Å². The van der Waals surface area contributed by atoms with Crippen molar-refractivity contribution in [3.8, 4) is 0 Å². The number of hydrogen-bond donors (Lipinski definition) is 2. The first-order valence-corrected chi connectivity index (χ1v) is 5.72. The van der Waals surface area contributed by atoms with Crippen LogP contribution in [0.1, 0.15) is 25.2 Å². The van der Waals surface area contributed by atoms with Gasteiger partial charge in [0.1, 0.15) is 0 Å². The molecule has 0 saturated carbocycles. The first-order valence-electron chi connectivity index (χ1n) is 5.72. The molecule has 0 saturated heterocycles. The van der Waals surface area contributed by atoms with Gasteiger partial charge in [0.2, 0.25) is 5.91 Å². The molecule has 0 fully saturated rings. The smallest absolute Gasteiger partial charge is 0.242 e. The van der Waals surface area contributed by atoms with E-state index in [4.69, 9.17) is 0 Å². The van der Waals surface area contributed by atoms with Crippen LogP contribution in [0.3, 0.4) is 0 Å². The van der Waals surface area contributed by atoms with Gasteiger partial charge >= 0.3 is 0 Å². The topological polar surface area (TPSA) is 46.1 Å². The predicted molar refractivity (Wildman–Crippen MR) is 66.0 cm³/mol. The van der Waals surface area contributed by atoms with Crippen molar-refractivity contribution >= 4 is 5.91 Å². The van der Waals surface area contributed by atoms with E-state index < -0.39 is 0 Å². The lowest BCUT2D eigenvalue weighted by atomic mass is 10.2. The molecule has 1 atom stereocenters. The molecule has 1 aromatic heterocycles. The third-order valence-corrected chi connectivity index (χ3v) is 2.64. The maximum Gasteiger partial charge on any atom is 0.242 e. The van der Waals surface area contributed by atoms with Crippen LogP contribution in [0.15, 0.2) is 12.1 Å². The number of nitrogens with one attached hydrogen (secondary N) is 2. The fourth-order valence-electron chi connectivity index (χ4n) is 1.52. The molecule has 0 aliphatic carbocycles. The Hall–Kier alpha value is -1.29. The largest absolute Gasteiger partial charge is 0.316 e. The van der Waals surface area contributed by atoms with Crippen LogP contribution in [-0.4, -0.2) is 23.7 Å². The van der Waals surface area contributed by atoms with Crippen molar-refractivity contribution in [2.24, 2.45) is 5.92 Å². The second-order valence-corrected chi connectivity index (χ2v) is 4.14. The fraction of sp³-hybridized carbons (Fsp3) is 0.583. The summed E-state index contributed by atoms with van der Waals surface area (Å²) in [7, 11) is 0. The summed E-state index contributed by atoms with van der Waals surface area (Å²) in [6.45, 7) is 9.50. The Kier molecular flexibility index (Phi) is 4.55. The number of nitrogens with zero attached hydrogens (tertiary/aromatic N) is 1. The lowest BCUT2D eigenvalue weighted by Gasteiger charge is -2.15. The minimum absolute atomic E-state index is 0.0267. The van der Waals surface area contributed by atoms with Crippen molar-refractivity contribution in [1.29, 1.82) is 0 Å². The average molecular weight is 223 g/mol. The molecule has 0 radical (unpaired) electrons. The number of carbonyl (C=O) groups excluding carboxylic acids is 1. The number of aryl methyl sites for hydroxylation is 2. The fourth-order valence-corrected chi connectivity index (χ4v) is 1.52. The third-order valence-electron chi connectivity index (χ3n) is 2.64. The number of rotatable bonds is 5. The Morgan fingerprint density at radius 1 is 1.38 bits per heavy atom. The van der Waals surface area contributed by atoms with E-state index in [0.717, 1.165) is 17.9 Å². The Balaban J connectivity index is 2.57. The van der Waals surface area contributed by atoms with Crippen molar-refractivity contribution in [2.45, 2.75) is 27.7 Å². The zero-order valence-corrected chi connectivity index (χ0v) is 10.5. The van der Waals surface area contributed by atoms with Gasteiger partial charge in [0.25, 0.3) is 0 Å². The van der Waals surface area contributed by atoms with Crippen LogP contribution in [0.4, 0.5) is 0 Å². The molecule has 1 unspecified atom stereocenters. The van der Waals surface area contributed by atoms with Crippen LogP contribution in [0.2, 0.25) is 0 Å². The van der Waals surface area contributed by atoms with Crippen molar-refractivity contribution in [3.63, 3.8) is 0 Å². The Bertz CT molecular complexity index is 338. The van der Waals surface area contributed by atoms with Crippen molar-refractivity contribution < 1.29 is 4.79 Å². The van der Waals surface area contributed by atoms with Gasteiger partial charge in [-0.15, -0.1) is 0 Å². The van der Waals surface area contributed by atoms with Crippen molar-refractivity contribution in [1.82, 2.24) is 9.99 Å². The maximum absolute atomic E-state index is 11.8. The highest BCUT2D eigenvalue weighted by atomic mass is 16.2. The van der Waals surface area contributed by atoms with E-state index in [-0.39, 0.29) is 11.8 Å². The van der Waals surface area contributed by atoms with Crippen LogP contribution in [0, 0.1) is 19.8 Å². The van der Waals surface area contributed by atoms with E-state index in [1.54, 1.807) is 0 Å². The summed E-state index contributed by atoms with van der Waals surface area (Å²) in [5.74, 6) is 0.0181. The monoisotopic (exact) mass is 223 g/mol. The number of carbonyl (C=O) groups is 1. The summed E-state index contributed by atoms with van der Waals surface area (Å²) in [6, 6.07) is 3.98. The standard InChI is InChI=1S/C12H21N3O/c1-5-13-8-9(2)12(16)14-15-10(3)6-7-11(15)4/h6-7,9,13H,5,8H2,1-4H3,(H,14,16). The Labute approximate surface area is 97.0 Å². The molecular weight excluding hydrogens is 202 g/mol. The number of hydrogen-bond acceptors (Lipinski definition) is 2. The third kappa shape index (κ3) is 3.10. The second kappa shape index (κ2) is 5.70. The van der Waals surface area contributed by atoms with E-state index >= 15 is 0 Å². The van der Waals surface area contributed by atoms with Gasteiger partial charge in [-0.1, -0.05) is 13.8 Å². The van der Waals surface area contributed by atoms with Crippen LogP contribution >= 0.6 is 0 Å². The predicted octanol–water partition coefficient (Wildman–Crippen LogP) is 1.42. The van der Waals surface area contributed by atoms with Crippen molar-refractivity contribution in [2.75, 3.05) is 18.5 Å². The Morgan fingerprint density at radius 2 is 1.94 bits per heavy atom. The zero-order chi connectivity index (χ0) is 12.1. The van der Waals surface area contributed by atoms with Crippen LogP contribution < -0.4 is 10.7 Å². The molecule has 16 heavy (non-hydrogen) atoms. The summed E-state index contributed by atoms with van der Waals surface area (Å²) >= 11 is 0. The average Bonchev–Trinajstić information content (AvgIpc) is 2.57. The number of amides is 1. The van der Waals surface area contributed by atoms with Gasteiger partial charge in [-0.3, -0.25) is 14.9 Å². The van der Waals surface area contributed by atoms with E-state index in [2.05, 4.69) is 10.7 Å². The van der Waals surface area contributed by atoms with Gasteiger partial charge in [0, 0.05) is 23.9 Å². The summed E-state index contributed by atoms with van der Waals surface area (Å²) in [5.41, 5.74) is 4.99. The highest BCUT2D eigenvalue weighted by Gasteiger charge is 2.13. The zero-order valence-electron chi connectivity index (χ0n) is 10.5. The highest BCUT2D eigenvalue weighted by molar-refractivity contribution is 5.86. The molecule has 0 aromatic carbocycles. The van der Waals surface area contributed by atoms with Crippen LogP contribution in [0.5, 0.6) is 0 Å². The SMILES string of the molecule is CCNCC(C)C(=O)Nn1c(C)ccc1C. The molecule has 0 bridgehead atoms. The summed E-state index contributed by atoms with van der Waals surface area (Å²) in [4.78, 5) is 11.8. The quantitative estimate of drug-likeness (QED) is 0.793. The van der Waals surface area contributed by atoms with E-state index in [1.165, 1.54) is 0 Å². The summed E-state index contributed by atoms with van der Waals surface area (Å²) in [5, 5.41) is 3.17. The van der Waals surface area contributed by atoms with Gasteiger partial charge in [-0.25, -0.2) is 0 Å². The first-order chi connectivity index (χ1) is 7.56. The van der Waals surface area contributed by atoms with Gasteiger partial charge in [0.05, 0.1) is 0 Å². The lowest BCUT2D eigenvalue weighted by molar-refractivity contribution is -0.120. The van der Waals surface area contributed by atoms with Gasteiger partial charge < -0.3 is 5.32 Å². The van der Waals surface area contributed by atoms with E-state index in [0.29, 0.717) is 6.54 Å². The molecule has 2 N–H and O–H groups in total. The molecule has 90 valence electrons. The Morgan fingerprint density at radius 3 is 2.44 bits per heavy atom. The molecule has 1 aromatic rings. The molecule has 1 heterocycles. The van der Waals surface area contributed by atoms with E-state index in [1.807, 2.05) is 44.5 Å². The minimum Gasteiger partial charge on any atom is -0.316 e. The number of aromatic nitrogens is 1. The van der Waals surface area contributed by atoms with Crippen LogP contribution in [0.25, 0.3) is 0 Å².